The van der Waals surface area contributed by atoms with E-state index in [9.17, 15) is 39.6 Å². The summed E-state index contributed by atoms with van der Waals surface area (Å²) in [5, 5.41) is 51.6. The number of hydrogen-bond donors (Lipinski definition) is 5. The number of carbonyl (C=O) groups is 4. The molecule has 9 atom stereocenters. The van der Waals surface area contributed by atoms with Gasteiger partial charge in [-0.2, -0.15) is 0 Å². The highest BCUT2D eigenvalue weighted by Crippen LogP contribution is 2.51. The average Bonchev–Trinajstić information content (AvgIpc) is 3.90. The van der Waals surface area contributed by atoms with Crippen LogP contribution in [0.5, 0.6) is 17.2 Å². The summed E-state index contributed by atoms with van der Waals surface area (Å²) in [7, 11) is 0. The smallest absolute Gasteiger partial charge is 0.315 e. The van der Waals surface area contributed by atoms with Gasteiger partial charge in [-0.25, -0.2) is 4.99 Å². The lowest BCUT2D eigenvalue weighted by Gasteiger charge is -2.38. The number of phenols is 2. The van der Waals surface area contributed by atoms with Crippen LogP contribution in [0.15, 0.2) is 46.1 Å². The molecule has 416 valence electrons. The fourth-order valence-corrected chi connectivity index (χ4v) is 12.2. The number of phenolic OH excluding ortho intramolecular Hbond substituents is 2. The summed E-state index contributed by atoms with van der Waals surface area (Å²) in [5.41, 5.74) is -0.135. The number of nitrogens with zero attached hydrogens (tertiary/aromatic N) is 4. The van der Waals surface area contributed by atoms with Gasteiger partial charge in [-0.05, 0) is 82.1 Å². The molecule has 2 aromatic rings. The Morgan fingerprint density at radius 1 is 0.829 bits per heavy atom. The van der Waals surface area contributed by atoms with E-state index in [0.717, 1.165) is 38.1 Å². The molecule has 5 N–H and O–H groups in total. The third kappa shape index (κ3) is 11.6. The monoisotopic (exact) mass is 1050 g/mol. The van der Waals surface area contributed by atoms with Gasteiger partial charge in [0.2, 0.25) is 5.91 Å². The number of carbonyl (C=O) groups excluding carboxylic acids is 4. The molecular formula is C59H83N5O12. The van der Waals surface area contributed by atoms with Crippen LogP contribution in [0.2, 0.25) is 0 Å². The van der Waals surface area contributed by atoms with Crippen LogP contribution in [-0.2, 0) is 28.6 Å². The summed E-state index contributed by atoms with van der Waals surface area (Å²) in [6, 6.07) is 0. The summed E-state index contributed by atoms with van der Waals surface area (Å²) in [5.74, 6) is -6.92. The third-order valence-corrected chi connectivity index (χ3v) is 17.5. The molecule has 17 heteroatoms. The standard InChI is InChI=1S/C59H83N5O12/c1-31(2)30-63-26-22-59(23-27-63)61-47-44-45-52(69)39(10)55-46(44)56(71)58(11,76-55)73-28-21-33(4)36(7)54(75-43(66)29-42(65)64-24-19-41(20-25-64)74-40-17-15-32(3)16-18-40)38(9)51(68)37(8)50(67)34(5)13-12-14-35(6)57(72)60-49(53(45)70)48(47)62-59/h12-14,21,28,31-34,36-38,40-41,50-51,54,61,67-70H,15-20,22-27,29-30H2,1-11H3/b13-12+,28-21+,35-14-,60-49?/t32?,33-,34-,36+,37+,38+,40?,50-,51+,54+,58-/m0/s1. The number of aromatic hydroxyl groups is 2. The molecule has 3 fully saturated rings. The van der Waals surface area contributed by atoms with Gasteiger partial charge in [0.15, 0.2) is 5.75 Å². The number of nitrogens with one attached hydrogen (secondary N) is 1. The number of rotatable bonds is 7. The number of likely N-dealkylation sites (tertiary alicyclic amines) is 2. The molecule has 9 rings (SSSR count). The number of Topliss-reactive ketones (excluding diaryl/α,β-unsaturated/α-hetero) is 1. The largest absolute Gasteiger partial charge is 0.507 e. The number of aliphatic hydroxyl groups excluding tert-OH is 2. The Hall–Kier alpha value is -5.36. The molecule has 5 bridgehead atoms. The zero-order chi connectivity index (χ0) is 55.1. The number of benzene rings is 2. The van der Waals surface area contributed by atoms with Gasteiger partial charge in [0.05, 0.1) is 47.3 Å². The number of fused-ring (bicyclic) bond motifs is 13. The molecule has 2 amide bonds. The van der Waals surface area contributed by atoms with Gasteiger partial charge in [0, 0.05) is 86.8 Å². The van der Waals surface area contributed by atoms with Crippen molar-refractivity contribution >= 4 is 40.0 Å². The normalized spacial score (nSPS) is 33.2. The van der Waals surface area contributed by atoms with Gasteiger partial charge in [-0.15, -0.1) is 0 Å². The van der Waals surface area contributed by atoms with E-state index in [1.165, 1.54) is 13.2 Å². The lowest BCUT2D eigenvalue weighted by molar-refractivity contribution is -0.164. The van der Waals surface area contributed by atoms with Crippen LogP contribution in [0.3, 0.4) is 0 Å². The van der Waals surface area contributed by atoms with Gasteiger partial charge >= 0.3 is 11.8 Å². The molecule has 1 spiro atoms. The summed E-state index contributed by atoms with van der Waals surface area (Å²) in [4.78, 5) is 70.2. The Balaban J connectivity index is 1.11. The summed E-state index contributed by atoms with van der Waals surface area (Å²) < 4.78 is 25.3. The van der Waals surface area contributed by atoms with Gasteiger partial charge < -0.3 is 54.5 Å². The molecule has 2 saturated heterocycles. The van der Waals surface area contributed by atoms with Gasteiger partial charge in [0.25, 0.3) is 11.7 Å². The van der Waals surface area contributed by atoms with E-state index in [1.54, 1.807) is 63.8 Å². The molecule has 0 unspecified atom stereocenters. The molecule has 6 aliphatic heterocycles. The lowest BCUT2D eigenvalue weighted by atomic mass is 9.77. The van der Waals surface area contributed by atoms with Gasteiger partial charge in [-0.1, -0.05) is 73.6 Å². The predicted molar refractivity (Wildman–Crippen MR) is 287 cm³/mol. The highest BCUT2D eigenvalue weighted by Gasteiger charge is 2.51. The predicted octanol–water partition coefficient (Wildman–Crippen LogP) is 7.33. The Kier molecular flexibility index (Phi) is 17.1. The SMILES string of the molecule is C/C1=C/C=C/[C@H](C)[C@H](O)[C@@H](C)[C@@H](O)[C@@H](C)[C@H](OC(=O)CC(=O)N2CCC(OC3CCC(C)CC3)CC2)[C@H](C)[C@@H](C)/C=C/O[C@@]2(C)Oc3c(C)c(O)c4c(O)c(c5c(c4c3C2=O)NC2(CCN(CC(C)C)CC2)N=5)=NC1=O. The van der Waals surface area contributed by atoms with Crippen LogP contribution >= 0.6 is 0 Å². The highest BCUT2D eigenvalue weighted by molar-refractivity contribution is 6.21. The van der Waals surface area contributed by atoms with Crippen LogP contribution < -0.4 is 20.8 Å². The minimum absolute atomic E-state index is 0.0568. The van der Waals surface area contributed by atoms with Crippen LogP contribution in [-0.4, -0.2) is 128 Å². The van der Waals surface area contributed by atoms with Crippen molar-refractivity contribution in [3.8, 4) is 17.2 Å². The number of piperidine rings is 2. The second-order valence-corrected chi connectivity index (χ2v) is 23.8. The van der Waals surface area contributed by atoms with Crippen molar-refractivity contribution in [2.45, 2.75) is 176 Å². The van der Waals surface area contributed by atoms with E-state index in [4.69, 9.17) is 23.9 Å². The molecule has 0 aromatic heterocycles. The van der Waals surface area contributed by atoms with Crippen molar-refractivity contribution in [2.75, 3.05) is 38.0 Å². The minimum atomic E-state index is -1.96. The number of allylic oxidation sites excluding steroid dienone is 3. The molecule has 1 saturated carbocycles. The number of amides is 2. The molecular weight excluding hydrogens is 971 g/mol. The first-order valence-electron chi connectivity index (χ1n) is 27.9. The number of ether oxygens (including phenoxy) is 4. The van der Waals surface area contributed by atoms with E-state index in [2.05, 4.69) is 36.0 Å². The summed E-state index contributed by atoms with van der Waals surface area (Å²) in [6.07, 6.45) is 11.5. The van der Waals surface area contributed by atoms with Gasteiger partial charge in [-0.3, -0.25) is 24.2 Å². The van der Waals surface area contributed by atoms with E-state index in [1.807, 2.05) is 13.8 Å². The molecule has 17 nitrogen and oxygen atoms in total. The highest BCUT2D eigenvalue weighted by atomic mass is 16.7. The van der Waals surface area contributed by atoms with Crippen molar-refractivity contribution in [2.24, 2.45) is 51.4 Å². The Morgan fingerprint density at radius 3 is 2.14 bits per heavy atom. The van der Waals surface area contributed by atoms with Crippen LogP contribution in [0.4, 0.5) is 5.69 Å². The van der Waals surface area contributed by atoms with Crippen molar-refractivity contribution in [1.82, 2.24) is 9.80 Å². The second kappa shape index (κ2) is 22.9. The molecule has 0 radical (unpaired) electrons. The number of aliphatic hydroxyl groups is 2. The second-order valence-electron chi connectivity index (χ2n) is 23.8. The molecule has 7 aliphatic rings. The minimum Gasteiger partial charge on any atom is -0.507 e. The number of esters is 1. The van der Waals surface area contributed by atoms with Crippen molar-refractivity contribution < 1.29 is 58.6 Å². The molecule has 76 heavy (non-hydrogen) atoms. The average molecular weight is 1050 g/mol. The molecule has 6 heterocycles. The fraction of sp³-hybridized carbons (Fsp3) is 0.661. The van der Waals surface area contributed by atoms with E-state index in [-0.39, 0.29) is 67.8 Å². The Morgan fingerprint density at radius 2 is 1.49 bits per heavy atom. The summed E-state index contributed by atoms with van der Waals surface area (Å²) >= 11 is 0. The first-order chi connectivity index (χ1) is 35.9. The summed E-state index contributed by atoms with van der Waals surface area (Å²) in [6.45, 7) is 23.5. The Bertz CT molecular complexity index is 2770. The Labute approximate surface area is 447 Å². The first-order valence-corrected chi connectivity index (χ1v) is 27.9. The molecule has 2 aromatic carbocycles. The van der Waals surface area contributed by atoms with Gasteiger partial charge in [0.1, 0.15) is 40.4 Å². The van der Waals surface area contributed by atoms with Crippen LogP contribution in [0.25, 0.3) is 10.8 Å². The van der Waals surface area contributed by atoms with E-state index in [0.29, 0.717) is 63.5 Å². The van der Waals surface area contributed by atoms with E-state index >= 15 is 0 Å². The fourth-order valence-electron chi connectivity index (χ4n) is 12.2. The lowest BCUT2D eigenvalue weighted by Crippen LogP contribution is -2.47. The van der Waals surface area contributed by atoms with E-state index < -0.39 is 89.2 Å². The zero-order valence-electron chi connectivity index (χ0n) is 46.6. The van der Waals surface area contributed by atoms with Crippen LogP contribution in [0.1, 0.15) is 143 Å². The van der Waals surface area contributed by atoms with Crippen molar-refractivity contribution in [1.29, 1.82) is 0 Å². The maximum absolute atomic E-state index is 15.0. The maximum Gasteiger partial charge on any atom is 0.315 e. The number of hydrogen-bond acceptors (Lipinski definition) is 15. The van der Waals surface area contributed by atoms with Crippen molar-refractivity contribution in [3.05, 3.63) is 58.0 Å². The van der Waals surface area contributed by atoms with Crippen LogP contribution in [0, 0.1) is 48.3 Å². The molecule has 1 aliphatic carbocycles. The third-order valence-electron chi connectivity index (χ3n) is 17.5. The number of ketones is 1. The van der Waals surface area contributed by atoms with Crippen molar-refractivity contribution in [3.63, 3.8) is 0 Å². The zero-order valence-corrected chi connectivity index (χ0v) is 46.6. The topological polar surface area (TPSA) is 229 Å². The first kappa shape index (κ1) is 56.8. The number of anilines is 1. The maximum atomic E-state index is 15.0. The quantitative estimate of drug-likeness (QED) is 0.104.